The Bertz CT molecular complexity index is 778. The van der Waals surface area contributed by atoms with Gasteiger partial charge in [-0.1, -0.05) is 18.2 Å². The smallest absolute Gasteiger partial charge is 0.335 e. The van der Waals surface area contributed by atoms with Crippen molar-refractivity contribution < 1.29 is 22.2 Å². The standard InChI is InChI=1S/C13H9FO4S/c14-19(17,18)6-5-9-1-2-11-8-12(13(15)16)4-3-10(11)7-9/h1-8H,(H,15,16)/b6-5+. The van der Waals surface area contributed by atoms with E-state index in [-0.39, 0.29) is 5.56 Å². The van der Waals surface area contributed by atoms with E-state index in [4.69, 9.17) is 5.11 Å². The normalized spacial score (nSPS) is 12.1. The van der Waals surface area contributed by atoms with Crippen molar-refractivity contribution in [3.8, 4) is 0 Å². The Kier molecular flexibility index (Phi) is 3.35. The summed E-state index contributed by atoms with van der Waals surface area (Å²) in [6.07, 6.45) is 1.14. The van der Waals surface area contributed by atoms with Crippen LogP contribution in [-0.2, 0) is 10.2 Å². The molecule has 0 saturated heterocycles. The highest BCUT2D eigenvalue weighted by molar-refractivity contribution is 7.89. The number of aromatic carboxylic acids is 1. The number of rotatable bonds is 3. The third kappa shape index (κ3) is 3.38. The largest absolute Gasteiger partial charge is 0.478 e. The molecule has 0 unspecified atom stereocenters. The summed E-state index contributed by atoms with van der Waals surface area (Å²) in [5.41, 5.74) is 0.680. The Hall–Kier alpha value is -2.21. The highest BCUT2D eigenvalue weighted by Crippen LogP contribution is 2.19. The number of fused-ring (bicyclic) bond motifs is 1. The molecule has 0 aliphatic carbocycles. The first-order valence-electron chi connectivity index (χ1n) is 5.25. The van der Waals surface area contributed by atoms with Gasteiger partial charge in [0.15, 0.2) is 0 Å². The number of carboxylic acids is 1. The summed E-state index contributed by atoms with van der Waals surface area (Å²) in [5.74, 6) is -1.02. The van der Waals surface area contributed by atoms with Gasteiger partial charge in [0.1, 0.15) is 0 Å². The van der Waals surface area contributed by atoms with Crippen molar-refractivity contribution in [3.05, 3.63) is 52.9 Å². The first kappa shape index (κ1) is 13.2. The maximum absolute atomic E-state index is 12.4. The molecule has 0 saturated carbocycles. The van der Waals surface area contributed by atoms with Gasteiger partial charge >= 0.3 is 16.2 Å². The highest BCUT2D eigenvalue weighted by atomic mass is 32.3. The lowest BCUT2D eigenvalue weighted by atomic mass is 10.0. The molecule has 98 valence electrons. The topological polar surface area (TPSA) is 71.4 Å². The van der Waals surface area contributed by atoms with Gasteiger partial charge in [-0.25, -0.2) is 4.79 Å². The minimum atomic E-state index is -4.65. The van der Waals surface area contributed by atoms with Crippen LogP contribution in [0.4, 0.5) is 3.89 Å². The lowest BCUT2D eigenvalue weighted by Crippen LogP contribution is -1.95. The van der Waals surface area contributed by atoms with Crippen molar-refractivity contribution in [3.63, 3.8) is 0 Å². The van der Waals surface area contributed by atoms with Crippen LogP contribution in [0.15, 0.2) is 41.8 Å². The fourth-order valence-electron chi connectivity index (χ4n) is 1.66. The lowest BCUT2D eigenvalue weighted by Gasteiger charge is -2.01. The molecular formula is C13H9FO4S. The second kappa shape index (κ2) is 4.81. The third-order valence-corrected chi connectivity index (χ3v) is 3.00. The van der Waals surface area contributed by atoms with Gasteiger partial charge < -0.3 is 5.11 Å². The van der Waals surface area contributed by atoms with Crippen molar-refractivity contribution in [1.29, 1.82) is 0 Å². The van der Waals surface area contributed by atoms with E-state index in [0.717, 1.165) is 11.5 Å². The van der Waals surface area contributed by atoms with Crippen LogP contribution in [0.2, 0.25) is 0 Å². The van der Waals surface area contributed by atoms with Crippen LogP contribution >= 0.6 is 0 Å². The molecule has 0 aliphatic rings. The summed E-state index contributed by atoms with van der Waals surface area (Å²) >= 11 is 0. The zero-order valence-electron chi connectivity index (χ0n) is 9.58. The van der Waals surface area contributed by atoms with Gasteiger partial charge in [0.2, 0.25) is 0 Å². The van der Waals surface area contributed by atoms with E-state index in [9.17, 15) is 17.1 Å². The molecule has 19 heavy (non-hydrogen) atoms. The van der Waals surface area contributed by atoms with E-state index in [1.807, 2.05) is 0 Å². The predicted octanol–water partition coefficient (Wildman–Crippen LogP) is 2.81. The number of hydrogen-bond donors (Lipinski definition) is 1. The Labute approximate surface area is 109 Å². The first-order chi connectivity index (χ1) is 8.85. The molecule has 1 N–H and O–H groups in total. The molecule has 0 atom stereocenters. The molecule has 0 aromatic heterocycles. The summed E-state index contributed by atoms with van der Waals surface area (Å²) < 4.78 is 33.1. The minimum Gasteiger partial charge on any atom is -0.478 e. The first-order valence-corrected chi connectivity index (χ1v) is 6.70. The van der Waals surface area contributed by atoms with Gasteiger partial charge in [-0.3, -0.25) is 0 Å². The fraction of sp³-hybridized carbons (Fsp3) is 0. The molecule has 0 fully saturated rings. The maximum atomic E-state index is 12.4. The van der Waals surface area contributed by atoms with Crippen molar-refractivity contribution >= 4 is 33.0 Å². The molecule has 0 amide bonds. The van der Waals surface area contributed by atoms with Gasteiger partial charge in [0.25, 0.3) is 0 Å². The summed E-state index contributed by atoms with van der Waals surface area (Å²) in [6, 6.07) is 9.44. The van der Waals surface area contributed by atoms with Gasteiger partial charge in [-0.2, -0.15) is 8.42 Å². The van der Waals surface area contributed by atoms with Crippen LogP contribution < -0.4 is 0 Å². The quantitative estimate of drug-likeness (QED) is 0.877. The molecule has 0 aliphatic heterocycles. The molecule has 2 aromatic rings. The zero-order valence-corrected chi connectivity index (χ0v) is 10.4. The molecule has 0 bridgehead atoms. The van der Waals surface area contributed by atoms with Gasteiger partial charge in [-0.15, -0.1) is 3.89 Å². The van der Waals surface area contributed by atoms with E-state index < -0.39 is 16.2 Å². The second-order valence-electron chi connectivity index (χ2n) is 3.90. The highest BCUT2D eigenvalue weighted by Gasteiger charge is 2.04. The van der Waals surface area contributed by atoms with Crippen LogP contribution in [0, 0.1) is 0 Å². The second-order valence-corrected chi connectivity index (χ2v) is 5.13. The fourth-order valence-corrected chi connectivity index (χ4v) is 1.98. The number of halogens is 1. The van der Waals surface area contributed by atoms with Crippen LogP contribution in [-0.4, -0.2) is 19.5 Å². The molecule has 2 aromatic carbocycles. The average Bonchev–Trinajstić information content (AvgIpc) is 2.34. The SMILES string of the molecule is O=C(O)c1ccc2cc(/C=C/S(=O)(=O)F)ccc2c1. The minimum absolute atomic E-state index is 0.169. The Morgan fingerprint density at radius 1 is 1.11 bits per heavy atom. The number of carboxylic acid groups (broad SMARTS) is 1. The van der Waals surface area contributed by atoms with Crippen molar-refractivity contribution in [2.75, 3.05) is 0 Å². The third-order valence-electron chi connectivity index (χ3n) is 2.53. The number of hydrogen-bond acceptors (Lipinski definition) is 3. The number of benzene rings is 2. The molecule has 0 spiro atoms. The monoisotopic (exact) mass is 280 g/mol. The van der Waals surface area contributed by atoms with Crippen molar-refractivity contribution in [2.45, 2.75) is 0 Å². The predicted molar refractivity (Wildman–Crippen MR) is 70.0 cm³/mol. The van der Waals surface area contributed by atoms with E-state index >= 15 is 0 Å². The molecule has 2 rings (SSSR count). The molecule has 0 radical (unpaired) electrons. The van der Waals surface area contributed by atoms with Crippen molar-refractivity contribution in [1.82, 2.24) is 0 Å². The van der Waals surface area contributed by atoms with E-state index in [1.54, 1.807) is 24.3 Å². The summed E-state index contributed by atoms with van der Waals surface area (Å²) in [7, 11) is -4.65. The number of carbonyl (C=O) groups is 1. The van der Waals surface area contributed by atoms with Crippen molar-refractivity contribution in [2.24, 2.45) is 0 Å². The average molecular weight is 280 g/mol. The summed E-state index contributed by atoms with van der Waals surface area (Å²) in [4.78, 5) is 10.8. The summed E-state index contributed by atoms with van der Waals surface area (Å²) in [5, 5.41) is 10.8. The molecular weight excluding hydrogens is 271 g/mol. The van der Waals surface area contributed by atoms with E-state index in [2.05, 4.69) is 0 Å². The lowest BCUT2D eigenvalue weighted by molar-refractivity contribution is 0.0697. The zero-order chi connectivity index (χ0) is 14.0. The van der Waals surface area contributed by atoms with Gasteiger partial charge in [0, 0.05) is 0 Å². The molecule has 0 heterocycles. The van der Waals surface area contributed by atoms with Crippen LogP contribution in [0.3, 0.4) is 0 Å². The van der Waals surface area contributed by atoms with E-state index in [1.165, 1.54) is 12.1 Å². The molecule has 4 nitrogen and oxygen atoms in total. The summed E-state index contributed by atoms with van der Waals surface area (Å²) in [6.45, 7) is 0. The van der Waals surface area contributed by atoms with Gasteiger partial charge in [-0.05, 0) is 40.6 Å². The Morgan fingerprint density at radius 3 is 2.37 bits per heavy atom. The van der Waals surface area contributed by atoms with Crippen LogP contribution in [0.1, 0.15) is 15.9 Å². The maximum Gasteiger partial charge on any atom is 0.335 e. The van der Waals surface area contributed by atoms with Crippen LogP contribution in [0.5, 0.6) is 0 Å². The Morgan fingerprint density at radius 2 is 1.74 bits per heavy atom. The van der Waals surface area contributed by atoms with Gasteiger partial charge in [0.05, 0.1) is 11.0 Å². The Balaban J connectivity index is 2.45. The molecule has 6 heteroatoms. The van der Waals surface area contributed by atoms with Crippen LogP contribution in [0.25, 0.3) is 16.8 Å². The van der Waals surface area contributed by atoms with E-state index in [0.29, 0.717) is 16.4 Å².